The number of carbonyl (C=O) groups excluding carboxylic acids is 2. The van der Waals surface area contributed by atoms with Crippen LogP contribution in [0.3, 0.4) is 0 Å². The Kier molecular flexibility index (Phi) is 12.4. The van der Waals surface area contributed by atoms with Gasteiger partial charge in [-0.15, -0.1) is 0 Å². The van der Waals surface area contributed by atoms with Crippen molar-refractivity contribution < 1.29 is 29.3 Å². The number of carbonyl (C=O) groups is 2. The molecule has 0 aliphatic rings. The van der Waals surface area contributed by atoms with Gasteiger partial charge in [-0.05, 0) is 54.7 Å². The lowest BCUT2D eigenvalue weighted by molar-refractivity contribution is -0.121. The molecule has 0 heterocycles. The first-order chi connectivity index (χ1) is 16.0. The number of rotatable bonds is 16. The quantitative estimate of drug-likeness (QED) is 0.287. The maximum atomic E-state index is 11.8. The van der Waals surface area contributed by atoms with Gasteiger partial charge in [0.05, 0.1) is 12.8 Å². The van der Waals surface area contributed by atoms with Crippen LogP contribution < -0.4 is 10.6 Å². The third-order valence-corrected chi connectivity index (χ3v) is 4.75. The first-order valence-electron chi connectivity index (χ1n) is 11.3. The number of benzene rings is 2. The normalized spacial score (nSPS) is 10.7. The number of nitrogens with one attached hydrogen (secondary N) is 2. The Bertz CT molecular complexity index is 754. The number of amides is 2. The Labute approximate surface area is 194 Å². The molecule has 8 heteroatoms. The van der Waals surface area contributed by atoms with Crippen molar-refractivity contribution in [2.45, 2.75) is 32.1 Å². The monoisotopic (exact) mass is 458 g/mol. The highest BCUT2D eigenvalue weighted by molar-refractivity contribution is 5.79. The van der Waals surface area contributed by atoms with Gasteiger partial charge in [0.25, 0.3) is 0 Å². The van der Waals surface area contributed by atoms with Crippen LogP contribution in [0.2, 0.25) is 0 Å². The van der Waals surface area contributed by atoms with Crippen molar-refractivity contribution in [2.24, 2.45) is 0 Å². The van der Waals surface area contributed by atoms with Crippen molar-refractivity contribution in [3.8, 4) is 11.5 Å². The smallest absolute Gasteiger partial charge is 0.224 e. The fraction of sp³-hybridized carbons (Fsp3) is 0.440. The SMILES string of the molecule is O=C(Cc1ccc(O)cc1)NCCCOCCCOCCCNC(=O)Cc1ccc(O)cc1. The van der Waals surface area contributed by atoms with Crippen molar-refractivity contribution in [2.75, 3.05) is 39.5 Å². The Balaban J connectivity index is 1.33. The maximum Gasteiger partial charge on any atom is 0.224 e. The second kappa shape index (κ2) is 15.7. The molecule has 4 N–H and O–H groups in total. The molecule has 2 rings (SSSR count). The standard InChI is InChI=1S/C25H34N2O6/c28-22-8-4-20(5-9-22)18-24(30)26-12-1-14-32-16-3-17-33-15-2-13-27-25(31)19-21-6-10-23(29)11-7-21/h4-11,28-29H,1-3,12-19H2,(H,26,30)(H,27,31). The lowest BCUT2D eigenvalue weighted by atomic mass is 10.1. The van der Waals surface area contributed by atoms with Gasteiger partial charge in [-0.1, -0.05) is 24.3 Å². The Morgan fingerprint density at radius 1 is 0.606 bits per heavy atom. The molecule has 0 bridgehead atoms. The van der Waals surface area contributed by atoms with Gasteiger partial charge in [-0.25, -0.2) is 0 Å². The Morgan fingerprint density at radius 2 is 0.970 bits per heavy atom. The molecule has 0 atom stereocenters. The average molecular weight is 459 g/mol. The van der Waals surface area contributed by atoms with Crippen molar-refractivity contribution in [3.63, 3.8) is 0 Å². The summed E-state index contributed by atoms with van der Waals surface area (Å²) in [4.78, 5) is 23.7. The van der Waals surface area contributed by atoms with Crippen molar-refractivity contribution >= 4 is 11.8 Å². The van der Waals surface area contributed by atoms with E-state index >= 15 is 0 Å². The molecule has 0 fully saturated rings. The molecular weight excluding hydrogens is 424 g/mol. The second-order valence-electron chi connectivity index (χ2n) is 7.67. The van der Waals surface area contributed by atoms with Crippen LogP contribution >= 0.6 is 0 Å². The molecule has 180 valence electrons. The fourth-order valence-electron chi connectivity index (χ4n) is 2.99. The van der Waals surface area contributed by atoms with Gasteiger partial charge in [-0.2, -0.15) is 0 Å². The van der Waals surface area contributed by atoms with E-state index in [9.17, 15) is 19.8 Å². The number of hydrogen-bond acceptors (Lipinski definition) is 6. The summed E-state index contributed by atoms with van der Waals surface area (Å²) in [5.74, 6) is 0.276. The van der Waals surface area contributed by atoms with Crippen LogP contribution in [0.25, 0.3) is 0 Å². The molecule has 0 spiro atoms. The number of phenolic OH excluding ortho intramolecular Hbond substituents is 2. The molecule has 8 nitrogen and oxygen atoms in total. The van der Waals surface area contributed by atoms with Gasteiger partial charge >= 0.3 is 0 Å². The van der Waals surface area contributed by atoms with Crippen LogP contribution in [0.4, 0.5) is 0 Å². The summed E-state index contributed by atoms with van der Waals surface area (Å²) in [6.07, 6.45) is 2.86. The highest BCUT2D eigenvalue weighted by Gasteiger charge is 2.04. The summed E-state index contributed by atoms with van der Waals surface area (Å²) in [6, 6.07) is 13.2. The van der Waals surface area contributed by atoms with Crippen molar-refractivity contribution in [1.29, 1.82) is 0 Å². The van der Waals surface area contributed by atoms with Crippen LogP contribution in [0, 0.1) is 0 Å². The molecule has 2 amide bonds. The number of ether oxygens (including phenoxy) is 2. The molecule has 0 saturated carbocycles. The molecule has 0 aliphatic heterocycles. The summed E-state index contributed by atoms with van der Waals surface area (Å²) in [6.45, 7) is 3.48. The summed E-state index contributed by atoms with van der Waals surface area (Å²) in [7, 11) is 0. The van der Waals surface area contributed by atoms with Crippen LogP contribution in [0.1, 0.15) is 30.4 Å². The van der Waals surface area contributed by atoms with E-state index in [0.29, 0.717) is 52.4 Å². The zero-order chi connectivity index (χ0) is 23.7. The Hall–Kier alpha value is -3.10. The van der Waals surface area contributed by atoms with Crippen LogP contribution in [0.15, 0.2) is 48.5 Å². The number of aromatic hydroxyl groups is 2. The van der Waals surface area contributed by atoms with Gasteiger partial charge in [0.15, 0.2) is 0 Å². The molecule has 33 heavy (non-hydrogen) atoms. The van der Waals surface area contributed by atoms with Crippen LogP contribution in [-0.2, 0) is 31.9 Å². The van der Waals surface area contributed by atoms with Crippen LogP contribution in [0.5, 0.6) is 11.5 Å². The molecular formula is C25H34N2O6. The van der Waals surface area contributed by atoms with E-state index in [2.05, 4.69) is 10.6 Å². The van der Waals surface area contributed by atoms with Crippen molar-refractivity contribution in [1.82, 2.24) is 10.6 Å². The average Bonchev–Trinajstić information content (AvgIpc) is 2.80. The number of hydrogen-bond donors (Lipinski definition) is 4. The third-order valence-electron chi connectivity index (χ3n) is 4.75. The van der Waals surface area contributed by atoms with Crippen molar-refractivity contribution in [3.05, 3.63) is 59.7 Å². The second-order valence-corrected chi connectivity index (χ2v) is 7.67. The van der Waals surface area contributed by atoms with E-state index in [1.165, 1.54) is 0 Å². The van der Waals surface area contributed by atoms with E-state index < -0.39 is 0 Å². The van der Waals surface area contributed by atoms with Gasteiger partial charge in [0.2, 0.25) is 11.8 Å². The van der Waals surface area contributed by atoms with Crippen LogP contribution in [-0.4, -0.2) is 61.5 Å². The summed E-state index contributed by atoms with van der Waals surface area (Å²) < 4.78 is 11.1. The highest BCUT2D eigenvalue weighted by atomic mass is 16.5. The fourth-order valence-corrected chi connectivity index (χ4v) is 2.99. The molecule has 0 aliphatic carbocycles. The largest absolute Gasteiger partial charge is 0.508 e. The van der Waals surface area contributed by atoms with Gasteiger partial charge in [0, 0.05) is 39.5 Å². The van der Waals surface area contributed by atoms with E-state index in [1.807, 2.05) is 0 Å². The zero-order valence-electron chi connectivity index (χ0n) is 18.9. The summed E-state index contributed by atoms with van der Waals surface area (Å²) >= 11 is 0. The molecule has 0 saturated heterocycles. The lowest BCUT2D eigenvalue weighted by Crippen LogP contribution is -2.27. The van der Waals surface area contributed by atoms with E-state index in [1.54, 1.807) is 48.5 Å². The highest BCUT2D eigenvalue weighted by Crippen LogP contribution is 2.10. The minimum Gasteiger partial charge on any atom is -0.508 e. The number of phenols is 2. The minimum absolute atomic E-state index is 0.0503. The summed E-state index contributed by atoms with van der Waals surface area (Å²) in [5.41, 5.74) is 1.72. The van der Waals surface area contributed by atoms with Gasteiger partial charge in [-0.3, -0.25) is 9.59 Å². The summed E-state index contributed by atoms with van der Waals surface area (Å²) in [5, 5.41) is 24.2. The predicted octanol–water partition coefficient (Wildman–Crippen LogP) is 2.32. The topological polar surface area (TPSA) is 117 Å². The molecule has 0 aromatic heterocycles. The zero-order valence-corrected chi connectivity index (χ0v) is 18.9. The first kappa shape index (κ1) is 26.2. The van der Waals surface area contributed by atoms with Gasteiger partial charge in [0.1, 0.15) is 11.5 Å². The molecule has 0 unspecified atom stereocenters. The maximum absolute atomic E-state index is 11.8. The molecule has 2 aromatic carbocycles. The molecule has 2 aromatic rings. The van der Waals surface area contributed by atoms with E-state index in [-0.39, 0.29) is 23.3 Å². The Morgan fingerprint density at radius 3 is 1.36 bits per heavy atom. The van der Waals surface area contributed by atoms with Gasteiger partial charge < -0.3 is 30.3 Å². The van der Waals surface area contributed by atoms with E-state index in [4.69, 9.17) is 9.47 Å². The third kappa shape index (κ3) is 12.5. The first-order valence-corrected chi connectivity index (χ1v) is 11.3. The minimum atomic E-state index is -0.0503. The predicted molar refractivity (Wildman–Crippen MR) is 125 cm³/mol. The molecule has 0 radical (unpaired) electrons. The lowest BCUT2D eigenvalue weighted by Gasteiger charge is -2.08. The van der Waals surface area contributed by atoms with E-state index in [0.717, 1.165) is 30.4 Å².